The third-order valence-electron chi connectivity index (χ3n) is 8.69. The standard InChI is InChI=1S/C27H43N5O7S/c33-21(24(35)29-19-11-12-19)16-28-23(34)20-10-7-15-32(20)25(36)22(18-8-3-1-4-9-18)30-26(37)31-27(17-40(38)39)13-5-2-6-14-27/h18-20,22H,1-17H2,(H,28,34)(H,29,35)(H,38,39)(H2,30,31,37)/t20-,22-/m0/s1. The van der Waals surface area contributed by atoms with Crippen LogP contribution in [0, 0.1) is 5.92 Å². The maximum atomic E-state index is 13.9. The minimum Gasteiger partial charge on any atom is -0.347 e. The summed E-state index contributed by atoms with van der Waals surface area (Å²) >= 11 is -2.08. The molecule has 3 aliphatic carbocycles. The van der Waals surface area contributed by atoms with Crippen LogP contribution in [0.5, 0.6) is 0 Å². The van der Waals surface area contributed by atoms with Crippen molar-refractivity contribution in [3.8, 4) is 0 Å². The third-order valence-corrected chi connectivity index (χ3v) is 9.49. The van der Waals surface area contributed by atoms with Crippen molar-refractivity contribution < 1.29 is 32.7 Å². The molecule has 0 radical (unpaired) electrons. The van der Waals surface area contributed by atoms with Crippen LogP contribution in [0.1, 0.15) is 89.9 Å². The van der Waals surface area contributed by atoms with E-state index < -0.39 is 58.9 Å². The van der Waals surface area contributed by atoms with Gasteiger partial charge in [-0.05, 0) is 57.3 Å². The number of carbonyl (C=O) groups is 5. The average Bonchev–Trinajstić information content (AvgIpc) is 3.61. The number of Topliss-reactive ketones (excluding diaryl/α,β-unsaturated/α-hetero) is 1. The van der Waals surface area contributed by atoms with Gasteiger partial charge in [-0.1, -0.05) is 38.5 Å². The second-order valence-electron chi connectivity index (χ2n) is 11.9. The van der Waals surface area contributed by atoms with E-state index in [9.17, 15) is 32.7 Å². The number of likely N-dealkylation sites (tertiary alicyclic amines) is 1. The Bertz CT molecular complexity index is 992. The van der Waals surface area contributed by atoms with E-state index >= 15 is 0 Å². The van der Waals surface area contributed by atoms with Gasteiger partial charge in [0.05, 0.1) is 17.8 Å². The topological polar surface area (TPSA) is 174 Å². The molecular formula is C27H43N5O7S. The van der Waals surface area contributed by atoms with E-state index in [-0.39, 0.29) is 23.6 Å². The van der Waals surface area contributed by atoms with E-state index in [0.717, 1.165) is 64.2 Å². The zero-order valence-corrected chi connectivity index (χ0v) is 23.9. The zero-order chi connectivity index (χ0) is 28.7. The Morgan fingerprint density at radius 2 is 1.57 bits per heavy atom. The van der Waals surface area contributed by atoms with Crippen molar-refractivity contribution >= 4 is 40.6 Å². The van der Waals surface area contributed by atoms with Crippen LogP contribution in [0.2, 0.25) is 0 Å². The second-order valence-corrected chi connectivity index (χ2v) is 12.8. The van der Waals surface area contributed by atoms with Gasteiger partial charge < -0.3 is 30.7 Å². The maximum Gasteiger partial charge on any atom is 0.315 e. The summed E-state index contributed by atoms with van der Waals surface area (Å²) in [5, 5.41) is 11.0. The highest BCUT2D eigenvalue weighted by Gasteiger charge is 2.42. The molecule has 1 aliphatic heterocycles. The van der Waals surface area contributed by atoms with Crippen LogP contribution < -0.4 is 21.3 Å². The fourth-order valence-electron chi connectivity index (χ4n) is 6.38. The molecule has 4 rings (SSSR count). The molecule has 3 atom stereocenters. The van der Waals surface area contributed by atoms with Gasteiger partial charge in [0.15, 0.2) is 11.1 Å². The summed E-state index contributed by atoms with van der Waals surface area (Å²) in [4.78, 5) is 65.8. The molecule has 0 aromatic rings. The van der Waals surface area contributed by atoms with E-state index in [1.165, 1.54) is 4.90 Å². The van der Waals surface area contributed by atoms with E-state index in [1.54, 1.807) is 0 Å². The van der Waals surface area contributed by atoms with Gasteiger partial charge in [-0.15, -0.1) is 0 Å². The maximum absolute atomic E-state index is 13.9. The summed E-state index contributed by atoms with van der Waals surface area (Å²) in [5.74, 6) is -2.41. The minimum absolute atomic E-state index is 0.0373. The summed E-state index contributed by atoms with van der Waals surface area (Å²) in [7, 11) is 0. The molecule has 13 heteroatoms. The van der Waals surface area contributed by atoms with Crippen molar-refractivity contribution in [2.24, 2.45) is 5.92 Å². The Kier molecular flexibility index (Phi) is 10.6. The number of urea groups is 1. The van der Waals surface area contributed by atoms with Gasteiger partial charge in [-0.25, -0.2) is 9.00 Å². The van der Waals surface area contributed by atoms with Crippen molar-refractivity contribution in [3.63, 3.8) is 0 Å². The highest BCUT2D eigenvalue weighted by molar-refractivity contribution is 7.79. The zero-order valence-electron chi connectivity index (χ0n) is 23.1. The molecule has 5 amide bonds. The molecular weight excluding hydrogens is 538 g/mol. The molecule has 1 saturated heterocycles. The van der Waals surface area contributed by atoms with Gasteiger partial charge in [0.1, 0.15) is 12.1 Å². The Morgan fingerprint density at radius 3 is 2.23 bits per heavy atom. The number of nitrogens with one attached hydrogen (secondary N) is 4. The van der Waals surface area contributed by atoms with Crippen LogP contribution in [-0.2, 0) is 30.3 Å². The fraction of sp³-hybridized carbons (Fsp3) is 0.815. The molecule has 3 saturated carbocycles. The van der Waals surface area contributed by atoms with Gasteiger partial charge in [0.2, 0.25) is 17.6 Å². The molecule has 4 aliphatic rings. The van der Waals surface area contributed by atoms with Crippen molar-refractivity contribution in [1.82, 2.24) is 26.2 Å². The summed E-state index contributed by atoms with van der Waals surface area (Å²) in [6.45, 7) is -0.0794. The van der Waals surface area contributed by atoms with Gasteiger partial charge in [-0.3, -0.25) is 19.2 Å². The summed E-state index contributed by atoms with van der Waals surface area (Å²) in [5.41, 5.74) is -0.795. The summed E-state index contributed by atoms with van der Waals surface area (Å²) in [6.07, 6.45) is 11.1. The van der Waals surface area contributed by atoms with Gasteiger partial charge in [0.25, 0.3) is 5.91 Å². The van der Waals surface area contributed by atoms with Crippen LogP contribution in [0.25, 0.3) is 0 Å². The Hall–Kier alpha value is -2.54. The molecule has 0 aromatic carbocycles. The van der Waals surface area contributed by atoms with Crippen LogP contribution in [0.3, 0.4) is 0 Å². The summed E-state index contributed by atoms with van der Waals surface area (Å²) < 4.78 is 21.3. The first-order valence-electron chi connectivity index (χ1n) is 14.8. The SMILES string of the molecule is O=C(N[C@H](C(=O)N1CCC[C@H]1C(=O)NCC(=O)C(=O)NC1CC1)C1CCCCC1)NC1(CS(=O)O)CCCCC1. The molecule has 0 aromatic heterocycles. The van der Waals surface area contributed by atoms with Gasteiger partial charge >= 0.3 is 6.03 Å². The fourth-order valence-corrected chi connectivity index (χ4v) is 7.21. The molecule has 224 valence electrons. The lowest BCUT2D eigenvalue weighted by atomic mass is 9.82. The molecule has 5 N–H and O–H groups in total. The quantitative estimate of drug-likeness (QED) is 0.179. The van der Waals surface area contributed by atoms with Gasteiger partial charge in [-0.2, -0.15) is 0 Å². The lowest BCUT2D eigenvalue weighted by Gasteiger charge is -2.39. The number of hydrogen-bond donors (Lipinski definition) is 5. The number of rotatable bonds is 11. The van der Waals surface area contributed by atoms with Crippen molar-refractivity contribution in [2.45, 2.75) is 114 Å². The molecule has 1 unspecified atom stereocenters. The predicted octanol–water partition coefficient (Wildman–Crippen LogP) is 1.11. The van der Waals surface area contributed by atoms with E-state index in [0.29, 0.717) is 32.2 Å². The highest BCUT2D eigenvalue weighted by Crippen LogP contribution is 2.31. The highest BCUT2D eigenvalue weighted by atomic mass is 32.2. The van der Waals surface area contributed by atoms with Crippen molar-refractivity contribution in [3.05, 3.63) is 0 Å². The number of hydrogen-bond acceptors (Lipinski definition) is 6. The smallest absolute Gasteiger partial charge is 0.315 e. The number of carbonyl (C=O) groups excluding carboxylic acids is 5. The first kappa shape index (κ1) is 30.4. The lowest BCUT2D eigenvalue weighted by Crippen LogP contribution is -2.61. The normalized spacial score (nSPS) is 24.4. The molecule has 12 nitrogen and oxygen atoms in total. The van der Waals surface area contributed by atoms with Crippen LogP contribution >= 0.6 is 0 Å². The Morgan fingerprint density at radius 1 is 0.900 bits per heavy atom. The summed E-state index contributed by atoms with van der Waals surface area (Å²) in [6, 6.07) is -2.12. The molecule has 4 fully saturated rings. The average molecular weight is 582 g/mol. The molecule has 0 spiro atoms. The van der Waals surface area contributed by atoms with Crippen LogP contribution in [-0.4, -0.2) is 85.7 Å². The Balaban J connectivity index is 1.41. The largest absolute Gasteiger partial charge is 0.347 e. The first-order chi connectivity index (χ1) is 19.2. The Labute approximate surface area is 237 Å². The minimum atomic E-state index is -2.08. The third kappa shape index (κ3) is 8.25. The predicted molar refractivity (Wildman–Crippen MR) is 147 cm³/mol. The van der Waals surface area contributed by atoms with Crippen molar-refractivity contribution in [2.75, 3.05) is 18.8 Å². The van der Waals surface area contributed by atoms with Crippen LogP contribution in [0.4, 0.5) is 4.79 Å². The van der Waals surface area contributed by atoms with Crippen LogP contribution in [0.15, 0.2) is 0 Å². The number of amides is 5. The molecule has 40 heavy (non-hydrogen) atoms. The van der Waals surface area contributed by atoms with Gasteiger partial charge in [0, 0.05) is 12.6 Å². The number of nitrogens with zero attached hydrogens (tertiary/aromatic N) is 1. The van der Waals surface area contributed by atoms with E-state index in [2.05, 4.69) is 21.3 Å². The molecule has 0 bridgehead atoms. The second kappa shape index (κ2) is 13.9. The monoisotopic (exact) mass is 581 g/mol. The van der Waals surface area contributed by atoms with E-state index in [4.69, 9.17) is 0 Å². The lowest BCUT2D eigenvalue weighted by molar-refractivity contribution is -0.142. The number of ketones is 1. The first-order valence-corrected chi connectivity index (χ1v) is 16.0. The van der Waals surface area contributed by atoms with E-state index in [1.807, 2.05) is 0 Å². The molecule has 1 heterocycles. The van der Waals surface area contributed by atoms with Crippen molar-refractivity contribution in [1.29, 1.82) is 0 Å².